The molecule has 0 fully saturated rings. The minimum atomic E-state index is -0.232. The average molecular weight is 326 g/mol. The van der Waals surface area contributed by atoms with Gasteiger partial charge in [0.25, 0.3) is 0 Å². The van der Waals surface area contributed by atoms with E-state index in [4.69, 9.17) is 4.74 Å². The summed E-state index contributed by atoms with van der Waals surface area (Å²) in [6, 6.07) is 17.1. The molecule has 0 radical (unpaired) electrons. The highest BCUT2D eigenvalue weighted by molar-refractivity contribution is 5.85. The Balaban J connectivity index is 1.59. The van der Waals surface area contributed by atoms with Gasteiger partial charge in [-0.1, -0.05) is 42.5 Å². The van der Waals surface area contributed by atoms with E-state index < -0.39 is 0 Å². The van der Waals surface area contributed by atoms with Gasteiger partial charge in [-0.15, -0.1) is 0 Å². The van der Waals surface area contributed by atoms with E-state index in [0.717, 1.165) is 16.9 Å². The quantitative estimate of drug-likeness (QED) is 0.728. The second-order valence-electron chi connectivity index (χ2n) is 5.45. The van der Waals surface area contributed by atoms with Crippen LogP contribution in [0.25, 0.3) is 0 Å². The Morgan fingerprint density at radius 1 is 0.958 bits per heavy atom. The van der Waals surface area contributed by atoms with E-state index >= 15 is 0 Å². The van der Waals surface area contributed by atoms with Crippen molar-refractivity contribution in [3.8, 4) is 5.75 Å². The summed E-state index contributed by atoms with van der Waals surface area (Å²) in [4.78, 5) is 23.4. The van der Waals surface area contributed by atoms with Gasteiger partial charge in [-0.05, 0) is 30.2 Å². The lowest BCUT2D eigenvalue weighted by molar-refractivity contribution is -0.125. The number of nitrogens with one attached hydrogen (secondary N) is 2. The Morgan fingerprint density at radius 2 is 1.75 bits per heavy atom. The van der Waals surface area contributed by atoms with Crippen LogP contribution in [0, 0.1) is 6.92 Å². The first-order valence-corrected chi connectivity index (χ1v) is 7.90. The Hall–Kier alpha value is -2.82. The largest absolute Gasteiger partial charge is 0.492 e. The van der Waals surface area contributed by atoms with Gasteiger partial charge in [-0.25, -0.2) is 0 Å². The topological polar surface area (TPSA) is 67.4 Å². The highest BCUT2D eigenvalue weighted by atomic mass is 16.5. The van der Waals surface area contributed by atoms with Gasteiger partial charge < -0.3 is 15.4 Å². The van der Waals surface area contributed by atoms with Gasteiger partial charge in [-0.3, -0.25) is 9.59 Å². The van der Waals surface area contributed by atoms with Gasteiger partial charge in [0.05, 0.1) is 19.5 Å². The van der Waals surface area contributed by atoms with Crippen LogP contribution >= 0.6 is 0 Å². The zero-order chi connectivity index (χ0) is 17.2. The van der Waals surface area contributed by atoms with Crippen molar-refractivity contribution in [2.75, 3.05) is 19.7 Å². The molecule has 0 aliphatic rings. The van der Waals surface area contributed by atoms with Crippen molar-refractivity contribution in [1.29, 1.82) is 0 Å². The highest BCUT2D eigenvalue weighted by Gasteiger charge is 2.06. The third-order valence-corrected chi connectivity index (χ3v) is 3.34. The molecule has 0 saturated heterocycles. The fraction of sp³-hybridized carbons (Fsp3) is 0.263. The van der Waals surface area contributed by atoms with E-state index in [0.29, 0.717) is 13.2 Å². The molecule has 5 heteroatoms. The summed E-state index contributed by atoms with van der Waals surface area (Å²) in [5.41, 5.74) is 2.04. The number of aryl methyl sites for hydroxylation is 1. The molecule has 0 saturated carbocycles. The molecule has 0 aliphatic carbocycles. The third kappa shape index (κ3) is 6.52. The standard InChI is InChI=1S/C19H22N2O3/c1-15-6-5-9-17(12-15)24-11-10-20-19(23)14-21-18(22)13-16-7-3-2-4-8-16/h2-9,12H,10-11,13-14H2,1H3,(H,20,23)(H,21,22). The first-order chi connectivity index (χ1) is 11.6. The molecule has 0 bridgehead atoms. The number of rotatable bonds is 8. The molecule has 2 N–H and O–H groups in total. The van der Waals surface area contributed by atoms with Gasteiger partial charge in [0.2, 0.25) is 11.8 Å². The number of hydrogen-bond donors (Lipinski definition) is 2. The van der Waals surface area contributed by atoms with E-state index in [1.165, 1.54) is 0 Å². The minimum absolute atomic E-state index is 0.0316. The van der Waals surface area contributed by atoms with Crippen molar-refractivity contribution < 1.29 is 14.3 Å². The molecular formula is C19H22N2O3. The predicted octanol–water partition coefficient (Wildman–Crippen LogP) is 1.85. The zero-order valence-electron chi connectivity index (χ0n) is 13.7. The van der Waals surface area contributed by atoms with Crippen LogP contribution in [0.3, 0.4) is 0 Å². The van der Waals surface area contributed by atoms with Crippen LogP contribution in [0.15, 0.2) is 54.6 Å². The second-order valence-corrected chi connectivity index (χ2v) is 5.45. The van der Waals surface area contributed by atoms with Crippen molar-refractivity contribution in [1.82, 2.24) is 10.6 Å². The van der Waals surface area contributed by atoms with Crippen LogP contribution in [0.2, 0.25) is 0 Å². The summed E-state index contributed by atoms with van der Waals surface area (Å²) in [6.07, 6.45) is 0.268. The Labute approximate surface area is 142 Å². The van der Waals surface area contributed by atoms with Crippen molar-refractivity contribution in [2.45, 2.75) is 13.3 Å². The minimum Gasteiger partial charge on any atom is -0.492 e. The smallest absolute Gasteiger partial charge is 0.239 e. The van der Waals surface area contributed by atoms with Gasteiger partial charge in [0, 0.05) is 0 Å². The number of amides is 2. The molecule has 0 aliphatic heterocycles. The number of carbonyl (C=O) groups is 2. The lowest BCUT2D eigenvalue weighted by atomic mass is 10.1. The summed E-state index contributed by atoms with van der Waals surface area (Å²) < 4.78 is 5.54. The van der Waals surface area contributed by atoms with Gasteiger partial charge in [0.1, 0.15) is 12.4 Å². The maximum absolute atomic E-state index is 11.7. The summed E-state index contributed by atoms with van der Waals surface area (Å²) >= 11 is 0. The van der Waals surface area contributed by atoms with Crippen LogP contribution in [-0.4, -0.2) is 31.5 Å². The van der Waals surface area contributed by atoms with Crippen LogP contribution < -0.4 is 15.4 Å². The first kappa shape index (κ1) is 17.5. The monoisotopic (exact) mass is 326 g/mol. The van der Waals surface area contributed by atoms with Crippen molar-refractivity contribution in [3.63, 3.8) is 0 Å². The molecule has 0 unspecified atom stereocenters. The molecule has 5 nitrogen and oxygen atoms in total. The number of benzene rings is 2. The second kappa shape index (κ2) is 9.35. The molecule has 2 amide bonds. The van der Waals surface area contributed by atoms with Crippen LogP contribution in [0.1, 0.15) is 11.1 Å². The molecule has 0 spiro atoms. The van der Waals surface area contributed by atoms with E-state index in [-0.39, 0.29) is 24.8 Å². The molecular weight excluding hydrogens is 304 g/mol. The van der Waals surface area contributed by atoms with Crippen molar-refractivity contribution in [2.24, 2.45) is 0 Å². The van der Waals surface area contributed by atoms with Crippen LogP contribution in [0.5, 0.6) is 5.75 Å². The Morgan fingerprint density at radius 3 is 2.50 bits per heavy atom. The maximum Gasteiger partial charge on any atom is 0.239 e. The molecule has 0 atom stereocenters. The SMILES string of the molecule is Cc1cccc(OCCNC(=O)CNC(=O)Cc2ccccc2)c1. The Bertz CT molecular complexity index is 671. The average Bonchev–Trinajstić information content (AvgIpc) is 2.58. The zero-order valence-corrected chi connectivity index (χ0v) is 13.7. The summed E-state index contributed by atoms with van der Waals surface area (Å²) in [5, 5.41) is 5.31. The maximum atomic E-state index is 11.7. The number of hydrogen-bond acceptors (Lipinski definition) is 3. The number of ether oxygens (including phenoxy) is 1. The molecule has 0 aromatic heterocycles. The van der Waals surface area contributed by atoms with E-state index in [2.05, 4.69) is 10.6 Å². The van der Waals surface area contributed by atoms with E-state index in [1.807, 2.05) is 61.5 Å². The normalized spacial score (nSPS) is 10.0. The van der Waals surface area contributed by atoms with Gasteiger partial charge in [0.15, 0.2) is 0 Å². The summed E-state index contributed by atoms with van der Waals surface area (Å²) in [6.45, 7) is 2.73. The summed E-state index contributed by atoms with van der Waals surface area (Å²) in [5.74, 6) is 0.372. The third-order valence-electron chi connectivity index (χ3n) is 3.34. The van der Waals surface area contributed by atoms with E-state index in [9.17, 15) is 9.59 Å². The first-order valence-electron chi connectivity index (χ1n) is 7.90. The highest BCUT2D eigenvalue weighted by Crippen LogP contribution is 2.11. The molecule has 2 rings (SSSR count). The van der Waals surface area contributed by atoms with Gasteiger partial charge >= 0.3 is 0 Å². The Kier molecular flexibility index (Phi) is 6.83. The fourth-order valence-electron chi connectivity index (χ4n) is 2.15. The van der Waals surface area contributed by atoms with Crippen molar-refractivity contribution >= 4 is 11.8 Å². The molecule has 24 heavy (non-hydrogen) atoms. The van der Waals surface area contributed by atoms with Gasteiger partial charge in [-0.2, -0.15) is 0 Å². The fourth-order valence-corrected chi connectivity index (χ4v) is 2.15. The van der Waals surface area contributed by atoms with Crippen molar-refractivity contribution in [3.05, 3.63) is 65.7 Å². The lowest BCUT2D eigenvalue weighted by Crippen LogP contribution is -2.39. The van der Waals surface area contributed by atoms with Crippen LogP contribution in [0.4, 0.5) is 0 Å². The number of carbonyl (C=O) groups excluding carboxylic acids is 2. The molecule has 2 aromatic carbocycles. The lowest BCUT2D eigenvalue weighted by Gasteiger charge is -2.09. The molecule has 0 heterocycles. The summed E-state index contributed by atoms with van der Waals surface area (Å²) in [7, 11) is 0. The van der Waals surface area contributed by atoms with E-state index in [1.54, 1.807) is 0 Å². The molecule has 126 valence electrons. The van der Waals surface area contributed by atoms with Crippen LogP contribution in [-0.2, 0) is 16.0 Å². The molecule has 2 aromatic rings. The predicted molar refractivity (Wildman–Crippen MR) is 92.8 cm³/mol.